The molecule has 0 atom stereocenters. The predicted molar refractivity (Wildman–Crippen MR) is 57.9 cm³/mol. The van der Waals surface area contributed by atoms with Crippen molar-refractivity contribution in [3.8, 4) is 5.75 Å². The van der Waals surface area contributed by atoms with Gasteiger partial charge < -0.3 is 8.92 Å². The first-order chi connectivity index (χ1) is 7.44. The molecule has 0 aromatic heterocycles. The van der Waals surface area contributed by atoms with Gasteiger partial charge in [-0.3, -0.25) is 0 Å². The molecule has 0 saturated carbocycles. The van der Waals surface area contributed by atoms with E-state index >= 15 is 0 Å². The van der Waals surface area contributed by atoms with E-state index in [-0.39, 0.29) is 5.56 Å². The Balaban J connectivity index is 2.99. The summed E-state index contributed by atoms with van der Waals surface area (Å²) in [5.74, 6) is -0.634. The van der Waals surface area contributed by atoms with Gasteiger partial charge in [0.2, 0.25) is 0 Å². The van der Waals surface area contributed by atoms with Gasteiger partial charge in [-0.2, -0.15) is 8.42 Å². The topological polar surface area (TPSA) is 69.7 Å². The largest absolute Gasteiger partial charge is 0.493 e. The summed E-state index contributed by atoms with van der Waals surface area (Å²) in [6.07, 6.45) is 0.814. The maximum Gasteiger partial charge on any atom is 0.357 e. The second-order valence-corrected chi connectivity index (χ2v) is 4.58. The van der Waals surface area contributed by atoms with Crippen molar-refractivity contribution in [2.45, 2.75) is 6.92 Å². The molecule has 0 fully saturated rings. The van der Waals surface area contributed by atoms with Crippen molar-refractivity contribution in [1.29, 1.82) is 0 Å². The minimum absolute atomic E-state index is 0.0924. The number of rotatable bonds is 4. The molecule has 1 rings (SSSR count). The standard InChI is InChI=1S/C10H12O5S/c1-3-14-9-7-5-4-6-8(9)10(11)15-16(2,12)13/h4-7H,3H2,1-2H3. The maximum absolute atomic E-state index is 11.5. The van der Waals surface area contributed by atoms with Crippen molar-refractivity contribution >= 4 is 16.1 Å². The van der Waals surface area contributed by atoms with Crippen LogP contribution in [0, 0.1) is 0 Å². The number of ether oxygens (including phenoxy) is 1. The van der Waals surface area contributed by atoms with E-state index in [1.54, 1.807) is 25.1 Å². The van der Waals surface area contributed by atoms with Gasteiger partial charge in [-0.1, -0.05) is 12.1 Å². The molecule has 0 amide bonds. The first kappa shape index (κ1) is 12.5. The van der Waals surface area contributed by atoms with Crippen molar-refractivity contribution in [3.05, 3.63) is 29.8 Å². The Morgan fingerprint density at radius 3 is 2.50 bits per heavy atom. The Bertz CT molecular complexity index is 478. The van der Waals surface area contributed by atoms with E-state index in [1.165, 1.54) is 6.07 Å². The molecule has 1 aromatic rings. The number of para-hydroxylation sites is 1. The highest BCUT2D eigenvalue weighted by atomic mass is 32.2. The summed E-state index contributed by atoms with van der Waals surface area (Å²) in [5, 5.41) is 0. The van der Waals surface area contributed by atoms with Gasteiger partial charge in [-0.05, 0) is 19.1 Å². The number of hydrogen-bond acceptors (Lipinski definition) is 5. The number of benzene rings is 1. The second-order valence-electron chi connectivity index (χ2n) is 3.00. The Labute approximate surface area is 94.1 Å². The van der Waals surface area contributed by atoms with E-state index < -0.39 is 16.1 Å². The maximum atomic E-state index is 11.5. The van der Waals surface area contributed by atoms with Gasteiger partial charge in [0.05, 0.1) is 12.9 Å². The summed E-state index contributed by atoms with van der Waals surface area (Å²) in [5.41, 5.74) is 0.0924. The molecule has 0 N–H and O–H groups in total. The molecule has 0 bridgehead atoms. The fraction of sp³-hybridized carbons (Fsp3) is 0.300. The molecule has 0 saturated heterocycles. The van der Waals surface area contributed by atoms with Crippen LogP contribution in [0.1, 0.15) is 17.3 Å². The average Bonchev–Trinajstić information content (AvgIpc) is 2.16. The number of carbonyl (C=O) groups is 1. The Morgan fingerprint density at radius 1 is 1.31 bits per heavy atom. The molecule has 0 aliphatic heterocycles. The van der Waals surface area contributed by atoms with Crippen LogP contribution in [0.4, 0.5) is 0 Å². The fourth-order valence-corrected chi connectivity index (χ4v) is 1.46. The van der Waals surface area contributed by atoms with Gasteiger partial charge in [0, 0.05) is 0 Å². The molecule has 0 radical (unpaired) electrons. The van der Waals surface area contributed by atoms with E-state index in [2.05, 4.69) is 4.18 Å². The summed E-state index contributed by atoms with van der Waals surface area (Å²) in [6, 6.07) is 6.30. The normalized spacial score (nSPS) is 10.9. The third-order valence-corrected chi connectivity index (χ3v) is 2.09. The highest BCUT2D eigenvalue weighted by molar-refractivity contribution is 7.86. The quantitative estimate of drug-likeness (QED) is 0.744. The van der Waals surface area contributed by atoms with Crippen LogP contribution < -0.4 is 4.74 Å². The lowest BCUT2D eigenvalue weighted by Crippen LogP contribution is -2.12. The molecule has 0 heterocycles. The third kappa shape index (κ3) is 3.54. The van der Waals surface area contributed by atoms with Crippen molar-refractivity contribution < 1.29 is 22.1 Å². The van der Waals surface area contributed by atoms with E-state index in [1.807, 2.05) is 0 Å². The lowest BCUT2D eigenvalue weighted by atomic mass is 10.2. The average molecular weight is 244 g/mol. The molecule has 0 aliphatic rings. The van der Waals surface area contributed by atoms with Crippen molar-refractivity contribution in [2.24, 2.45) is 0 Å². The van der Waals surface area contributed by atoms with Crippen LogP contribution in [0.2, 0.25) is 0 Å². The Hall–Kier alpha value is -1.56. The number of hydrogen-bond donors (Lipinski definition) is 0. The zero-order valence-electron chi connectivity index (χ0n) is 8.97. The monoisotopic (exact) mass is 244 g/mol. The molecule has 1 aromatic carbocycles. The molecule has 88 valence electrons. The lowest BCUT2D eigenvalue weighted by molar-refractivity contribution is 0.0744. The Morgan fingerprint density at radius 2 is 1.94 bits per heavy atom. The summed E-state index contributed by atoms with van der Waals surface area (Å²) in [4.78, 5) is 11.5. The molecule has 0 aliphatic carbocycles. The number of carbonyl (C=O) groups excluding carboxylic acids is 1. The third-order valence-electron chi connectivity index (χ3n) is 1.63. The van der Waals surface area contributed by atoms with Gasteiger partial charge in [0.1, 0.15) is 11.3 Å². The van der Waals surface area contributed by atoms with Gasteiger partial charge in [-0.15, -0.1) is 0 Å². The van der Waals surface area contributed by atoms with Crippen molar-refractivity contribution in [1.82, 2.24) is 0 Å². The van der Waals surface area contributed by atoms with Gasteiger partial charge >= 0.3 is 16.1 Å². The molecule has 5 nitrogen and oxygen atoms in total. The zero-order chi connectivity index (χ0) is 12.2. The van der Waals surface area contributed by atoms with Crippen LogP contribution in [-0.4, -0.2) is 27.2 Å². The van der Waals surface area contributed by atoms with Crippen molar-refractivity contribution in [2.75, 3.05) is 12.9 Å². The van der Waals surface area contributed by atoms with Gasteiger partial charge in [0.25, 0.3) is 0 Å². The van der Waals surface area contributed by atoms with Crippen LogP contribution in [-0.2, 0) is 14.3 Å². The first-order valence-electron chi connectivity index (χ1n) is 4.59. The summed E-state index contributed by atoms with van der Waals surface area (Å²) < 4.78 is 31.0. The van der Waals surface area contributed by atoms with Crippen LogP contribution in [0.25, 0.3) is 0 Å². The van der Waals surface area contributed by atoms with E-state index in [0.29, 0.717) is 12.4 Å². The van der Waals surface area contributed by atoms with Crippen molar-refractivity contribution in [3.63, 3.8) is 0 Å². The van der Waals surface area contributed by atoms with Crippen LogP contribution >= 0.6 is 0 Å². The molecule has 0 spiro atoms. The SMILES string of the molecule is CCOc1ccccc1C(=O)OS(C)(=O)=O. The molecular formula is C10H12O5S. The minimum atomic E-state index is -3.81. The summed E-state index contributed by atoms with van der Waals surface area (Å²) >= 11 is 0. The summed E-state index contributed by atoms with van der Waals surface area (Å²) in [7, 11) is -3.81. The van der Waals surface area contributed by atoms with E-state index in [0.717, 1.165) is 6.26 Å². The van der Waals surface area contributed by atoms with Crippen LogP contribution in [0.15, 0.2) is 24.3 Å². The predicted octanol–water partition coefficient (Wildman–Crippen LogP) is 1.20. The van der Waals surface area contributed by atoms with Gasteiger partial charge in [-0.25, -0.2) is 4.79 Å². The molecular weight excluding hydrogens is 232 g/mol. The zero-order valence-corrected chi connectivity index (χ0v) is 9.78. The first-order valence-corrected chi connectivity index (χ1v) is 6.41. The summed E-state index contributed by atoms with van der Waals surface area (Å²) in [6.45, 7) is 2.14. The van der Waals surface area contributed by atoms with E-state index in [9.17, 15) is 13.2 Å². The Kier molecular flexibility index (Phi) is 3.89. The van der Waals surface area contributed by atoms with E-state index in [4.69, 9.17) is 4.74 Å². The second kappa shape index (κ2) is 4.98. The molecule has 16 heavy (non-hydrogen) atoms. The molecule has 0 unspecified atom stereocenters. The van der Waals surface area contributed by atoms with Crippen LogP contribution in [0.3, 0.4) is 0 Å². The highest BCUT2D eigenvalue weighted by Gasteiger charge is 2.17. The van der Waals surface area contributed by atoms with Gasteiger partial charge in [0.15, 0.2) is 0 Å². The fourth-order valence-electron chi connectivity index (χ4n) is 1.10. The smallest absolute Gasteiger partial charge is 0.357 e. The lowest BCUT2D eigenvalue weighted by Gasteiger charge is -2.08. The molecule has 6 heteroatoms. The van der Waals surface area contributed by atoms with Crippen LogP contribution in [0.5, 0.6) is 5.75 Å². The minimum Gasteiger partial charge on any atom is -0.493 e. The highest BCUT2D eigenvalue weighted by Crippen LogP contribution is 2.19.